The molecule has 2 aromatic rings. The molecule has 2 aromatic carbocycles. The highest BCUT2D eigenvalue weighted by Crippen LogP contribution is 2.44. The van der Waals surface area contributed by atoms with E-state index in [4.69, 9.17) is 9.47 Å². The monoisotopic (exact) mass is 364 g/mol. The van der Waals surface area contributed by atoms with Gasteiger partial charge >= 0.3 is 0 Å². The third-order valence-electron chi connectivity index (χ3n) is 5.74. The number of methoxy groups -OCH3 is 1. The van der Waals surface area contributed by atoms with Crippen molar-refractivity contribution in [2.24, 2.45) is 0 Å². The molecule has 0 aromatic heterocycles. The summed E-state index contributed by atoms with van der Waals surface area (Å²) in [5, 5.41) is 20.9. The summed E-state index contributed by atoms with van der Waals surface area (Å²) in [5.41, 5.74) is 1.49. The lowest BCUT2D eigenvalue weighted by Gasteiger charge is -2.52. The van der Waals surface area contributed by atoms with Crippen molar-refractivity contribution in [2.45, 2.75) is 37.1 Å². The molecule has 2 unspecified atom stereocenters. The number of ether oxygens (including phenoxy) is 2. The van der Waals surface area contributed by atoms with Gasteiger partial charge in [0.25, 0.3) is 0 Å². The van der Waals surface area contributed by atoms with Crippen molar-refractivity contribution in [1.29, 1.82) is 5.26 Å². The lowest BCUT2D eigenvalue weighted by Crippen LogP contribution is -2.60. The molecule has 0 radical (unpaired) electrons. The van der Waals surface area contributed by atoms with Crippen LogP contribution in [0.1, 0.15) is 29.5 Å². The zero-order chi connectivity index (χ0) is 18.9. The Bertz CT molecular complexity index is 832. The molecule has 27 heavy (non-hydrogen) atoms. The topological polar surface area (TPSA) is 65.7 Å². The van der Waals surface area contributed by atoms with Crippen LogP contribution in [0.3, 0.4) is 0 Å². The van der Waals surface area contributed by atoms with Crippen molar-refractivity contribution in [3.63, 3.8) is 0 Å². The van der Waals surface area contributed by atoms with Crippen LogP contribution in [0.4, 0.5) is 0 Å². The van der Waals surface area contributed by atoms with Crippen molar-refractivity contribution in [2.75, 3.05) is 20.3 Å². The van der Waals surface area contributed by atoms with Gasteiger partial charge in [0.2, 0.25) is 0 Å². The maximum Gasteiger partial charge on any atom is 0.125 e. The number of morpholine rings is 1. The van der Waals surface area contributed by atoms with Gasteiger partial charge in [-0.25, -0.2) is 0 Å². The Hall–Kier alpha value is -2.39. The molecule has 0 aliphatic carbocycles. The van der Waals surface area contributed by atoms with E-state index >= 15 is 0 Å². The molecule has 1 N–H and O–H groups in total. The molecule has 140 valence electrons. The molecular formula is C22H24N2O3. The summed E-state index contributed by atoms with van der Waals surface area (Å²) >= 11 is 0. The Balaban J connectivity index is 1.64. The highest BCUT2D eigenvalue weighted by Gasteiger charge is 2.48. The fourth-order valence-electron chi connectivity index (χ4n) is 4.46. The van der Waals surface area contributed by atoms with Crippen LogP contribution < -0.4 is 4.74 Å². The first-order valence-electron chi connectivity index (χ1n) is 9.31. The largest absolute Gasteiger partial charge is 0.496 e. The Kier molecular flexibility index (Phi) is 4.88. The number of aliphatic hydroxyl groups is 1. The SMILES string of the molecule is COc1ccc(C#N)cc1C1(O)CC2COCC(C1)N2Cc1ccccc1. The third-order valence-corrected chi connectivity index (χ3v) is 5.74. The van der Waals surface area contributed by atoms with Crippen LogP contribution in [0.25, 0.3) is 0 Å². The minimum absolute atomic E-state index is 0.123. The summed E-state index contributed by atoms with van der Waals surface area (Å²) in [7, 11) is 1.60. The smallest absolute Gasteiger partial charge is 0.125 e. The van der Waals surface area contributed by atoms with Crippen molar-refractivity contribution >= 4 is 0 Å². The summed E-state index contributed by atoms with van der Waals surface area (Å²) in [6, 6.07) is 18.1. The second-order valence-corrected chi connectivity index (χ2v) is 7.47. The van der Waals surface area contributed by atoms with Crippen LogP contribution in [0.5, 0.6) is 5.75 Å². The highest BCUT2D eigenvalue weighted by molar-refractivity contribution is 5.45. The number of fused-ring (bicyclic) bond motifs is 2. The van der Waals surface area contributed by atoms with Crippen LogP contribution in [0.2, 0.25) is 0 Å². The number of piperidine rings is 1. The Morgan fingerprint density at radius 3 is 2.52 bits per heavy atom. The lowest BCUT2D eigenvalue weighted by molar-refractivity contribution is -0.150. The highest BCUT2D eigenvalue weighted by atomic mass is 16.5. The van der Waals surface area contributed by atoms with E-state index in [9.17, 15) is 10.4 Å². The second kappa shape index (κ2) is 7.32. The first-order valence-corrected chi connectivity index (χ1v) is 9.31. The molecule has 2 atom stereocenters. The molecule has 2 heterocycles. The minimum atomic E-state index is -1.02. The number of rotatable bonds is 4. The summed E-state index contributed by atoms with van der Waals surface area (Å²) in [6.45, 7) is 2.06. The van der Waals surface area contributed by atoms with Gasteiger partial charge in [0.1, 0.15) is 5.75 Å². The number of hydrogen-bond acceptors (Lipinski definition) is 5. The van der Waals surface area contributed by atoms with E-state index in [0.717, 1.165) is 6.54 Å². The molecular weight excluding hydrogens is 340 g/mol. The van der Waals surface area contributed by atoms with Gasteiger partial charge in [0.05, 0.1) is 37.6 Å². The first kappa shape index (κ1) is 18.0. The molecule has 5 nitrogen and oxygen atoms in total. The fraction of sp³-hybridized carbons (Fsp3) is 0.409. The zero-order valence-corrected chi connectivity index (χ0v) is 15.5. The molecule has 0 spiro atoms. The average Bonchev–Trinajstić information content (AvgIpc) is 2.69. The normalized spacial score (nSPS) is 27.7. The van der Waals surface area contributed by atoms with Crippen LogP contribution in [0, 0.1) is 11.3 Å². The van der Waals surface area contributed by atoms with E-state index < -0.39 is 5.60 Å². The van der Waals surface area contributed by atoms with Gasteiger partial charge < -0.3 is 14.6 Å². The van der Waals surface area contributed by atoms with Gasteiger partial charge in [-0.3, -0.25) is 4.90 Å². The predicted octanol–water partition coefficient (Wildman–Crippen LogP) is 2.82. The average molecular weight is 364 g/mol. The summed E-state index contributed by atoms with van der Waals surface area (Å²) in [5.74, 6) is 0.631. The predicted molar refractivity (Wildman–Crippen MR) is 101 cm³/mol. The quantitative estimate of drug-likeness (QED) is 0.904. The number of nitrogens with zero attached hydrogens (tertiary/aromatic N) is 2. The first-order chi connectivity index (χ1) is 13.1. The number of benzene rings is 2. The Labute approximate surface area is 159 Å². The summed E-state index contributed by atoms with van der Waals surface area (Å²) in [4.78, 5) is 2.45. The van der Waals surface area contributed by atoms with Crippen LogP contribution in [-0.4, -0.2) is 42.4 Å². The van der Waals surface area contributed by atoms with E-state index in [1.807, 2.05) is 6.07 Å². The maximum absolute atomic E-state index is 11.6. The van der Waals surface area contributed by atoms with E-state index in [-0.39, 0.29) is 12.1 Å². The van der Waals surface area contributed by atoms with Gasteiger partial charge in [0, 0.05) is 24.2 Å². The molecule has 0 amide bonds. The number of hydrogen-bond donors (Lipinski definition) is 1. The molecule has 4 rings (SSSR count). The minimum Gasteiger partial charge on any atom is -0.496 e. The summed E-state index contributed by atoms with van der Waals surface area (Å²) < 4.78 is 11.3. The molecule has 2 saturated heterocycles. The molecule has 2 aliphatic heterocycles. The standard InChI is InChI=1S/C22H24N2O3/c1-26-21-8-7-17(12-23)9-20(21)22(25)10-18-14-27-15-19(11-22)24(18)13-16-5-3-2-4-6-16/h2-9,18-19,25H,10-11,13-15H2,1H3. The molecule has 2 fully saturated rings. The van der Waals surface area contributed by atoms with Gasteiger partial charge in [0.15, 0.2) is 0 Å². The molecule has 2 aliphatic rings. The third kappa shape index (κ3) is 3.44. The van der Waals surface area contributed by atoms with Gasteiger partial charge in [-0.2, -0.15) is 5.26 Å². The van der Waals surface area contributed by atoms with Gasteiger partial charge in [-0.1, -0.05) is 30.3 Å². The van der Waals surface area contributed by atoms with Gasteiger partial charge in [-0.05, 0) is 36.6 Å². The van der Waals surface area contributed by atoms with Crippen molar-refractivity contribution in [1.82, 2.24) is 4.90 Å². The van der Waals surface area contributed by atoms with Crippen molar-refractivity contribution in [3.8, 4) is 11.8 Å². The zero-order valence-electron chi connectivity index (χ0n) is 15.5. The Morgan fingerprint density at radius 2 is 1.89 bits per heavy atom. The second-order valence-electron chi connectivity index (χ2n) is 7.47. The van der Waals surface area contributed by atoms with Crippen LogP contribution in [0.15, 0.2) is 48.5 Å². The summed E-state index contributed by atoms with van der Waals surface area (Å²) in [6.07, 6.45) is 1.11. The number of nitriles is 1. The van der Waals surface area contributed by atoms with Crippen molar-refractivity contribution in [3.05, 3.63) is 65.2 Å². The molecule has 5 heteroatoms. The Morgan fingerprint density at radius 1 is 1.19 bits per heavy atom. The molecule has 0 saturated carbocycles. The fourth-order valence-corrected chi connectivity index (χ4v) is 4.46. The van der Waals surface area contributed by atoms with E-state index in [0.29, 0.717) is 42.9 Å². The van der Waals surface area contributed by atoms with E-state index in [1.54, 1.807) is 25.3 Å². The van der Waals surface area contributed by atoms with Crippen LogP contribution in [-0.2, 0) is 16.9 Å². The van der Waals surface area contributed by atoms with E-state index in [1.165, 1.54) is 5.56 Å². The van der Waals surface area contributed by atoms with Gasteiger partial charge in [-0.15, -0.1) is 0 Å². The maximum atomic E-state index is 11.6. The van der Waals surface area contributed by atoms with E-state index in [2.05, 4.69) is 35.2 Å². The van der Waals surface area contributed by atoms with Crippen LogP contribution >= 0.6 is 0 Å². The molecule has 2 bridgehead atoms. The lowest BCUT2D eigenvalue weighted by atomic mass is 9.76. The van der Waals surface area contributed by atoms with Crippen molar-refractivity contribution < 1.29 is 14.6 Å².